The monoisotopic (exact) mass is 283 g/mol. The van der Waals surface area contributed by atoms with E-state index in [9.17, 15) is 9.59 Å². The Balaban J connectivity index is 2.91. The van der Waals surface area contributed by atoms with Crippen molar-refractivity contribution in [2.75, 3.05) is 0 Å². The second-order valence-corrected chi connectivity index (χ2v) is 5.07. The molecule has 0 saturated carbocycles. The van der Waals surface area contributed by atoms with Gasteiger partial charge in [0.2, 0.25) is 0 Å². The number of amides is 1. The molecule has 0 aliphatic carbocycles. The molecule has 0 fully saturated rings. The lowest BCUT2D eigenvalue weighted by molar-refractivity contribution is -0.140. The molecule has 0 bridgehead atoms. The lowest BCUT2D eigenvalue weighted by atomic mass is 9.98. The van der Waals surface area contributed by atoms with Crippen LogP contribution in [0.25, 0.3) is 0 Å². The molecule has 1 aromatic rings. The molecule has 0 aliphatic heterocycles. The summed E-state index contributed by atoms with van der Waals surface area (Å²) < 4.78 is 0. The first-order chi connectivity index (χ1) is 8.86. The molecule has 0 heterocycles. The standard InChI is InChI=1S/C14H18ClNO3/c1-4-8(2)12(14(18)19)16-13(17)11-6-5-10(15)7-9(11)3/h5-8,12H,4H2,1-3H3,(H,16,17)(H,18,19)/t8-,12-/m0/s1. The number of carbonyl (C=O) groups is 2. The Morgan fingerprint density at radius 3 is 2.53 bits per heavy atom. The van der Waals surface area contributed by atoms with Gasteiger partial charge in [-0.2, -0.15) is 0 Å². The molecule has 19 heavy (non-hydrogen) atoms. The lowest BCUT2D eigenvalue weighted by Crippen LogP contribution is -2.45. The number of hydrogen-bond acceptors (Lipinski definition) is 2. The average Bonchev–Trinajstić information content (AvgIpc) is 2.34. The smallest absolute Gasteiger partial charge is 0.326 e. The Morgan fingerprint density at radius 2 is 2.05 bits per heavy atom. The average molecular weight is 284 g/mol. The van der Waals surface area contributed by atoms with Gasteiger partial charge in [0.05, 0.1) is 0 Å². The predicted octanol–water partition coefficient (Wildman–Crippen LogP) is 2.88. The van der Waals surface area contributed by atoms with Gasteiger partial charge in [0.1, 0.15) is 6.04 Å². The van der Waals surface area contributed by atoms with Gasteiger partial charge in [0.25, 0.3) is 5.91 Å². The summed E-state index contributed by atoms with van der Waals surface area (Å²) in [5, 5.41) is 12.3. The third-order valence-electron chi connectivity index (χ3n) is 3.20. The molecule has 0 radical (unpaired) electrons. The highest BCUT2D eigenvalue weighted by Gasteiger charge is 2.26. The Morgan fingerprint density at radius 1 is 1.42 bits per heavy atom. The number of halogens is 1. The minimum Gasteiger partial charge on any atom is -0.480 e. The fourth-order valence-electron chi connectivity index (χ4n) is 1.78. The lowest BCUT2D eigenvalue weighted by Gasteiger charge is -2.20. The maximum absolute atomic E-state index is 12.1. The van der Waals surface area contributed by atoms with E-state index in [1.807, 2.05) is 6.92 Å². The van der Waals surface area contributed by atoms with Crippen LogP contribution in [-0.2, 0) is 4.79 Å². The number of aliphatic carboxylic acids is 1. The number of nitrogens with one attached hydrogen (secondary N) is 1. The molecule has 0 aromatic heterocycles. The molecule has 4 nitrogen and oxygen atoms in total. The summed E-state index contributed by atoms with van der Waals surface area (Å²) in [7, 11) is 0. The van der Waals surface area contributed by atoms with Crippen LogP contribution in [0.1, 0.15) is 36.2 Å². The Bertz CT molecular complexity index is 488. The molecule has 1 aromatic carbocycles. The molecule has 2 atom stereocenters. The number of aryl methyl sites for hydroxylation is 1. The summed E-state index contributed by atoms with van der Waals surface area (Å²) in [5.41, 5.74) is 1.16. The molecule has 0 aliphatic rings. The maximum atomic E-state index is 12.1. The van der Waals surface area contributed by atoms with E-state index in [2.05, 4.69) is 5.32 Å². The van der Waals surface area contributed by atoms with E-state index >= 15 is 0 Å². The van der Waals surface area contributed by atoms with Crippen LogP contribution in [0.3, 0.4) is 0 Å². The van der Waals surface area contributed by atoms with Gasteiger partial charge in [-0.15, -0.1) is 0 Å². The van der Waals surface area contributed by atoms with E-state index in [-0.39, 0.29) is 11.8 Å². The number of hydrogen-bond donors (Lipinski definition) is 2. The maximum Gasteiger partial charge on any atom is 0.326 e. The van der Waals surface area contributed by atoms with Crippen molar-refractivity contribution in [2.45, 2.75) is 33.2 Å². The van der Waals surface area contributed by atoms with Gasteiger partial charge in [-0.05, 0) is 36.6 Å². The second kappa shape index (κ2) is 6.57. The van der Waals surface area contributed by atoms with Gasteiger partial charge in [0.15, 0.2) is 0 Å². The number of carboxylic acid groups (broad SMARTS) is 1. The molecular formula is C14H18ClNO3. The van der Waals surface area contributed by atoms with Crippen LogP contribution < -0.4 is 5.32 Å². The first-order valence-corrected chi connectivity index (χ1v) is 6.54. The van der Waals surface area contributed by atoms with E-state index in [1.165, 1.54) is 0 Å². The van der Waals surface area contributed by atoms with Gasteiger partial charge in [-0.25, -0.2) is 4.79 Å². The minimum atomic E-state index is -1.02. The zero-order chi connectivity index (χ0) is 14.6. The van der Waals surface area contributed by atoms with Crippen molar-refractivity contribution >= 4 is 23.5 Å². The van der Waals surface area contributed by atoms with Crippen molar-refractivity contribution in [1.82, 2.24) is 5.32 Å². The van der Waals surface area contributed by atoms with Crippen LogP contribution in [0.15, 0.2) is 18.2 Å². The largest absolute Gasteiger partial charge is 0.480 e. The zero-order valence-electron chi connectivity index (χ0n) is 11.2. The van der Waals surface area contributed by atoms with Crippen molar-refractivity contribution in [3.63, 3.8) is 0 Å². The third-order valence-corrected chi connectivity index (χ3v) is 3.43. The zero-order valence-corrected chi connectivity index (χ0v) is 12.0. The van der Waals surface area contributed by atoms with Gasteiger partial charge in [-0.1, -0.05) is 31.9 Å². The van der Waals surface area contributed by atoms with Crippen LogP contribution in [0.4, 0.5) is 0 Å². The summed E-state index contributed by atoms with van der Waals surface area (Å²) in [6, 6.07) is 4.01. The molecule has 1 amide bonds. The normalized spacial score (nSPS) is 13.7. The molecule has 0 saturated heterocycles. The van der Waals surface area contributed by atoms with E-state index in [1.54, 1.807) is 32.0 Å². The SMILES string of the molecule is CC[C@H](C)[C@H](NC(=O)c1ccc(Cl)cc1C)C(=O)O. The van der Waals surface area contributed by atoms with E-state index in [4.69, 9.17) is 16.7 Å². The highest BCUT2D eigenvalue weighted by Crippen LogP contribution is 2.16. The molecular weight excluding hydrogens is 266 g/mol. The van der Waals surface area contributed by atoms with Crippen molar-refractivity contribution < 1.29 is 14.7 Å². The minimum absolute atomic E-state index is 0.131. The quantitative estimate of drug-likeness (QED) is 0.873. The molecule has 0 spiro atoms. The van der Waals surface area contributed by atoms with Gasteiger partial charge < -0.3 is 10.4 Å². The number of rotatable bonds is 5. The van der Waals surface area contributed by atoms with Crippen molar-refractivity contribution in [2.24, 2.45) is 5.92 Å². The first-order valence-electron chi connectivity index (χ1n) is 6.16. The van der Waals surface area contributed by atoms with Crippen molar-refractivity contribution in [3.8, 4) is 0 Å². The van der Waals surface area contributed by atoms with Crippen molar-refractivity contribution in [1.29, 1.82) is 0 Å². The summed E-state index contributed by atoms with van der Waals surface area (Å²) in [6.07, 6.45) is 0.677. The number of benzene rings is 1. The molecule has 1 rings (SSSR count). The summed E-state index contributed by atoms with van der Waals surface area (Å²) >= 11 is 5.82. The number of carboxylic acids is 1. The Labute approximate surface area is 117 Å². The Hall–Kier alpha value is -1.55. The second-order valence-electron chi connectivity index (χ2n) is 4.63. The third kappa shape index (κ3) is 3.96. The molecule has 0 unspecified atom stereocenters. The molecule has 104 valence electrons. The van der Waals surface area contributed by atoms with Gasteiger partial charge in [-0.3, -0.25) is 4.79 Å². The topological polar surface area (TPSA) is 66.4 Å². The summed E-state index contributed by atoms with van der Waals surface area (Å²) in [4.78, 5) is 23.3. The van der Waals surface area contributed by atoms with Crippen LogP contribution in [0.5, 0.6) is 0 Å². The summed E-state index contributed by atoms with van der Waals surface area (Å²) in [5.74, 6) is -1.54. The van der Waals surface area contributed by atoms with E-state index < -0.39 is 12.0 Å². The predicted molar refractivity (Wildman–Crippen MR) is 74.5 cm³/mol. The molecule has 2 N–H and O–H groups in total. The molecule has 5 heteroatoms. The Kier molecular flexibility index (Phi) is 5.36. The van der Waals surface area contributed by atoms with E-state index in [0.717, 1.165) is 5.56 Å². The van der Waals surface area contributed by atoms with Gasteiger partial charge >= 0.3 is 5.97 Å². The summed E-state index contributed by atoms with van der Waals surface area (Å²) in [6.45, 7) is 5.45. The fraction of sp³-hybridized carbons (Fsp3) is 0.429. The van der Waals surface area contributed by atoms with Crippen LogP contribution in [0.2, 0.25) is 5.02 Å². The highest BCUT2D eigenvalue weighted by molar-refractivity contribution is 6.30. The van der Waals surface area contributed by atoms with Gasteiger partial charge in [0, 0.05) is 10.6 Å². The first kappa shape index (κ1) is 15.5. The van der Waals surface area contributed by atoms with Crippen molar-refractivity contribution in [3.05, 3.63) is 34.3 Å². The fourth-order valence-corrected chi connectivity index (χ4v) is 2.01. The van der Waals surface area contributed by atoms with Crippen LogP contribution in [-0.4, -0.2) is 23.0 Å². The van der Waals surface area contributed by atoms with Crippen LogP contribution >= 0.6 is 11.6 Å². The number of carbonyl (C=O) groups excluding carboxylic acids is 1. The van der Waals surface area contributed by atoms with E-state index in [0.29, 0.717) is 17.0 Å². The highest BCUT2D eigenvalue weighted by atomic mass is 35.5. The van der Waals surface area contributed by atoms with Crippen LogP contribution in [0, 0.1) is 12.8 Å².